The molecule has 1 amide bonds. The van der Waals surface area contributed by atoms with Crippen molar-refractivity contribution < 1.29 is 14.6 Å². The molecular formula is C15H21NO3. The van der Waals surface area contributed by atoms with Gasteiger partial charge in [0, 0.05) is 12.2 Å². The maximum absolute atomic E-state index is 12.6. The molecule has 2 rings (SSSR count). The molecule has 0 radical (unpaired) electrons. The van der Waals surface area contributed by atoms with Gasteiger partial charge in [-0.15, -0.1) is 0 Å². The third-order valence-electron chi connectivity index (χ3n) is 4.33. The Labute approximate surface area is 114 Å². The van der Waals surface area contributed by atoms with Crippen molar-refractivity contribution in [3.63, 3.8) is 0 Å². The van der Waals surface area contributed by atoms with Gasteiger partial charge in [0.15, 0.2) is 0 Å². The Morgan fingerprint density at radius 2 is 1.79 bits per heavy atom. The van der Waals surface area contributed by atoms with Crippen LogP contribution in [0.5, 0.6) is 5.75 Å². The van der Waals surface area contributed by atoms with E-state index in [1.807, 2.05) is 24.3 Å². The van der Waals surface area contributed by atoms with Crippen molar-refractivity contribution in [3.05, 3.63) is 24.3 Å². The number of aliphatic hydroxyl groups is 1. The van der Waals surface area contributed by atoms with E-state index >= 15 is 0 Å². The second kappa shape index (κ2) is 4.53. The van der Waals surface area contributed by atoms with Crippen molar-refractivity contribution in [1.82, 2.24) is 0 Å². The molecular weight excluding hydrogens is 242 g/mol. The highest BCUT2D eigenvalue weighted by Gasteiger charge is 2.50. The van der Waals surface area contributed by atoms with Crippen LogP contribution in [0.4, 0.5) is 5.69 Å². The third kappa shape index (κ3) is 2.21. The van der Waals surface area contributed by atoms with Gasteiger partial charge >= 0.3 is 0 Å². The maximum Gasteiger partial charge on any atom is 0.235 e. The van der Waals surface area contributed by atoms with Gasteiger partial charge in [0.25, 0.3) is 0 Å². The Morgan fingerprint density at radius 3 is 2.32 bits per heavy atom. The summed E-state index contributed by atoms with van der Waals surface area (Å²) in [5.74, 6) is 0.716. The van der Waals surface area contributed by atoms with E-state index in [4.69, 9.17) is 4.74 Å². The number of carbonyl (C=O) groups is 1. The fourth-order valence-corrected chi connectivity index (χ4v) is 2.32. The van der Waals surface area contributed by atoms with Gasteiger partial charge in [0.1, 0.15) is 5.75 Å². The molecule has 0 aliphatic carbocycles. The number of rotatable bonds is 2. The zero-order valence-corrected chi connectivity index (χ0v) is 11.9. The summed E-state index contributed by atoms with van der Waals surface area (Å²) in [5, 5.41) is 10.4. The average Bonchev–Trinajstić information content (AvgIpc) is 2.37. The molecule has 104 valence electrons. The summed E-state index contributed by atoms with van der Waals surface area (Å²) in [6, 6.07) is 7.41. The number of piperidine rings is 1. The van der Waals surface area contributed by atoms with Crippen molar-refractivity contribution in [2.45, 2.75) is 32.8 Å². The molecule has 1 saturated heterocycles. The topological polar surface area (TPSA) is 49.8 Å². The molecule has 1 aromatic carbocycles. The molecule has 0 saturated carbocycles. The molecule has 1 aliphatic rings. The quantitative estimate of drug-likeness (QED) is 0.890. The highest BCUT2D eigenvalue weighted by molar-refractivity contribution is 5.98. The largest absolute Gasteiger partial charge is 0.497 e. The van der Waals surface area contributed by atoms with E-state index in [1.165, 1.54) is 0 Å². The van der Waals surface area contributed by atoms with Crippen LogP contribution in [0.15, 0.2) is 24.3 Å². The van der Waals surface area contributed by atoms with Gasteiger partial charge in [-0.1, -0.05) is 0 Å². The number of methoxy groups -OCH3 is 1. The molecule has 1 aromatic rings. The van der Waals surface area contributed by atoms with Gasteiger partial charge in [-0.3, -0.25) is 4.79 Å². The molecule has 0 bridgehead atoms. The first-order valence-electron chi connectivity index (χ1n) is 6.48. The Hall–Kier alpha value is -1.55. The van der Waals surface area contributed by atoms with Gasteiger partial charge < -0.3 is 14.7 Å². The monoisotopic (exact) mass is 263 g/mol. The molecule has 1 atom stereocenters. The standard InChI is InChI=1S/C15H21NO3/c1-14(2)13(17)16(10-9-15(14,3)18)11-5-7-12(19-4)8-6-11/h5-8,18H,9-10H2,1-4H3. The lowest BCUT2D eigenvalue weighted by Crippen LogP contribution is -2.59. The van der Waals surface area contributed by atoms with Crippen molar-refractivity contribution in [2.24, 2.45) is 5.41 Å². The van der Waals surface area contributed by atoms with Gasteiger partial charge in [-0.2, -0.15) is 0 Å². The fraction of sp³-hybridized carbons (Fsp3) is 0.533. The zero-order chi connectivity index (χ0) is 14.3. The van der Waals surface area contributed by atoms with Gasteiger partial charge in [0.2, 0.25) is 5.91 Å². The van der Waals surface area contributed by atoms with E-state index in [0.717, 1.165) is 11.4 Å². The van der Waals surface area contributed by atoms with Crippen molar-refractivity contribution in [1.29, 1.82) is 0 Å². The van der Waals surface area contributed by atoms with Gasteiger partial charge in [-0.25, -0.2) is 0 Å². The molecule has 1 heterocycles. The SMILES string of the molecule is COc1ccc(N2CCC(C)(O)C(C)(C)C2=O)cc1. The van der Waals surface area contributed by atoms with E-state index in [-0.39, 0.29) is 5.91 Å². The molecule has 1 unspecified atom stereocenters. The minimum atomic E-state index is -0.965. The minimum absolute atomic E-state index is 0.0473. The van der Waals surface area contributed by atoms with E-state index in [2.05, 4.69) is 0 Å². The molecule has 1 fully saturated rings. The van der Waals surface area contributed by atoms with Crippen LogP contribution < -0.4 is 9.64 Å². The molecule has 4 nitrogen and oxygen atoms in total. The van der Waals surface area contributed by atoms with Crippen molar-refractivity contribution >= 4 is 11.6 Å². The van der Waals surface area contributed by atoms with Crippen molar-refractivity contribution in [3.8, 4) is 5.75 Å². The lowest BCUT2D eigenvalue weighted by molar-refractivity contribution is -0.147. The summed E-state index contributed by atoms with van der Waals surface area (Å²) in [7, 11) is 1.61. The number of anilines is 1. The normalized spacial score (nSPS) is 26.4. The van der Waals surface area contributed by atoms with Crippen LogP contribution in [0.3, 0.4) is 0 Å². The Morgan fingerprint density at radius 1 is 1.21 bits per heavy atom. The highest BCUT2D eigenvalue weighted by Crippen LogP contribution is 2.40. The molecule has 1 N–H and O–H groups in total. The number of nitrogens with zero attached hydrogens (tertiary/aromatic N) is 1. The number of hydrogen-bond acceptors (Lipinski definition) is 3. The number of hydrogen-bond donors (Lipinski definition) is 1. The second-order valence-corrected chi connectivity index (χ2v) is 5.80. The van der Waals surface area contributed by atoms with Crippen LogP contribution in [0.2, 0.25) is 0 Å². The molecule has 19 heavy (non-hydrogen) atoms. The zero-order valence-electron chi connectivity index (χ0n) is 11.9. The Bertz CT molecular complexity index is 477. The third-order valence-corrected chi connectivity index (χ3v) is 4.33. The number of carbonyl (C=O) groups excluding carboxylic acids is 1. The Kier molecular flexibility index (Phi) is 3.31. The highest BCUT2D eigenvalue weighted by atomic mass is 16.5. The predicted octanol–water partition coefficient (Wildman–Crippen LogP) is 2.21. The summed E-state index contributed by atoms with van der Waals surface area (Å²) < 4.78 is 5.11. The molecule has 0 spiro atoms. The summed E-state index contributed by atoms with van der Waals surface area (Å²) in [6.07, 6.45) is 0.567. The summed E-state index contributed by atoms with van der Waals surface area (Å²) in [6.45, 7) is 5.86. The number of benzene rings is 1. The van der Waals surface area contributed by atoms with Crippen LogP contribution >= 0.6 is 0 Å². The first-order valence-corrected chi connectivity index (χ1v) is 6.48. The number of amides is 1. The van der Waals surface area contributed by atoms with E-state index in [9.17, 15) is 9.90 Å². The van der Waals surface area contributed by atoms with Gasteiger partial charge in [0.05, 0.1) is 18.1 Å². The molecule has 4 heteroatoms. The van der Waals surface area contributed by atoms with Crippen LogP contribution in [0, 0.1) is 5.41 Å². The summed E-state index contributed by atoms with van der Waals surface area (Å²) >= 11 is 0. The first-order chi connectivity index (χ1) is 8.79. The smallest absolute Gasteiger partial charge is 0.235 e. The lowest BCUT2D eigenvalue weighted by Gasteiger charge is -2.47. The van der Waals surface area contributed by atoms with Gasteiger partial charge in [-0.05, 0) is 51.5 Å². The molecule has 1 aliphatic heterocycles. The second-order valence-electron chi connectivity index (χ2n) is 5.80. The number of ether oxygens (including phenoxy) is 1. The fourth-order valence-electron chi connectivity index (χ4n) is 2.32. The Balaban J connectivity index is 2.29. The van der Waals surface area contributed by atoms with Crippen molar-refractivity contribution in [2.75, 3.05) is 18.6 Å². The first kappa shape index (κ1) is 13.9. The van der Waals surface area contributed by atoms with E-state index in [1.54, 1.807) is 32.8 Å². The van der Waals surface area contributed by atoms with Crippen LogP contribution in [-0.2, 0) is 4.79 Å². The predicted molar refractivity (Wildman–Crippen MR) is 74.4 cm³/mol. The van der Waals surface area contributed by atoms with Crippen LogP contribution in [0.1, 0.15) is 27.2 Å². The van der Waals surface area contributed by atoms with Crippen LogP contribution in [-0.4, -0.2) is 30.3 Å². The minimum Gasteiger partial charge on any atom is -0.497 e. The van der Waals surface area contributed by atoms with Crippen LogP contribution in [0.25, 0.3) is 0 Å². The van der Waals surface area contributed by atoms with E-state index in [0.29, 0.717) is 13.0 Å². The lowest BCUT2D eigenvalue weighted by atomic mass is 9.70. The summed E-state index contributed by atoms with van der Waals surface area (Å²) in [5.41, 5.74) is -0.910. The average molecular weight is 263 g/mol. The maximum atomic E-state index is 12.6. The van der Waals surface area contributed by atoms with E-state index < -0.39 is 11.0 Å². The summed E-state index contributed by atoms with van der Waals surface area (Å²) in [4.78, 5) is 14.3. The molecule has 0 aromatic heterocycles.